The standard InChI is InChI=1S/C12H16NO5P/c1-8(13-2)5-9-3-4-10-7-12(17-11(10)6-9)18-19(14,15)16/h3-4,6-8,13H,5H2,1-2H3,(H2,14,15,16)/t8-/m0/s1. The van der Waals surface area contributed by atoms with Gasteiger partial charge >= 0.3 is 7.82 Å². The van der Waals surface area contributed by atoms with Crippen molar-refractivity contribution in [3.63, 3.8) is 0 Å². The summed E-state index contributed by atoms with van der Waals surface area (Å²) in [5, 5.41) is 3.88. The molecule has 6 nitrogen and oxygen atoms in total. The van der Waals surface area contributed by atoms with E-state index >= 15 is 0 Å². The van der Waals surface area contributed by atoms with Gasteiger partial charge in [0.25, 0.3) is 5.95 Å². The average molecular weight is 285 g/mol. The molecule has 19 heavy (non-hydrogen) atoms. The summed E-state index contributed by atoms with van der Waals surface area (Å²) in [6.45, 7) is 2.06. The summed E-state index contributed by atoms with van der Waals surface area (Å²) in [7, 11) is -2.70. The van der Waals surface area contributed by atoms with E-state index in [1.807, 2.05) is 25.2 Å². The van der Waals surface area contributed by atoms with Crippen LogP contribution in [0, 0.1) is 0 Å². The average Bonchev–Trinajstić information content (AvgIpc) is 2.67. The summed E-state index contributed by atoms with van der Waals surface area (Å²) in [6.07, 6.45) is 0.835. The van der Waals surface area contributed by atoms with Crippen LogP contribution in [-0.2, 0) is 11.0 Å². The van der Waals surface area contributed by atoms with Crippen molar-refractivity contribution in [2.45, 2.75) is 19.4 Å². The summed E-state index contributed by atoms with van der Waals surface area (Å²) in [4.78, 5) is 17.4. The molecule has 1 aromatic carbocycles. The predicted molar refractivity (Wildman–Crippen MR) is 71.1 cm³/mol. The smallest absolute Gasteiger partial charge is 0.425 e. The first-order valence-electron chi connectivity index (χ1n) is 5.82. The van der Waals surface area contributed by atoms with Crippen LogP contribution in [0.5, 0.6) is 5.95 Å². The Balaban J connectivity index is 2.26. The molecule has 0 radical (unpaired) electrons. The minimum Gasteiger partial charge on any atom is -0.425 e. The Hall–Kier alpha value is -1.33. The van der Waals surface area contributed by atoms with Gasteiger partial charge in [0, 0.05) is 17.5 Å². The maximum absolute atomic E-state index is 10.7. The van der Waals surface area contributed by atoms with Gasteiger partial charge in [-0.1, -0.05) is 12.1 Å². The fourth-order valence-electron chi connectivity index (χ4n) is 1.80. The SMILES string of the molecule is CN[C@@H](C)Cc1ccc2cc(OP(=O)(O)O)oc2c1. The summed E-state index contributed by atoms with van der Waals surface area (Å²) >= 11 is 0. The second kappa shape index (κ2) is 5.35. The van der Waals surface area contributed by atoms with E-state index in [0.717, 1.165) is 17.4 Å². The molecule has 0 aliphatic carbocycles. The van der Waals surface area contributed by atoms with Gasteiger partial charge in [-0.05, 0) is 32.0 Å². The highest BCUT2D eigenvalue weighted by molar-refractivity contribution is 7.46. The molecule has 0 aliphatic rings. The van der Waals surface area contributed by atoms with Crippen molar-refractivity contribution in [1.82, 2.24) is 5.32 Å². The van der Waals surface area contributed by atoms with Crippen molar-refractivity contribution in [3.8, 4) is 5.95 Å². The number of benzene rings is 1. The van der Waals surface area contributed by atoms with E-state index in [9.17, 15) is 4.57 Å². The first-order valence-corrected chi connectivity index (χ1v) is 7.35. The topological polar surface area (TPSA) is 91.9 Å². The normalized spacial score (nSPS) is 13.7. The number of hydrogen-bond acceptors (Lipinski definition) is 4. The first kappa shape index (κ1) is 14.1. The zero-order valence-corrected chi connectivity index (χ0v) is 11.6. The third kappa shape index (κ3) is 3.81. The highest BCUT2D eigenvalue weighted by atomic mass is 31.2. The Morgan fingerprint density at radius 1 is 1.42 bits per heavy atom. The Morgan fingerprint density at radius 3 is 2.79 bits per heavy atom. The highest BCUT2D eigenvalue weighted by Crippen LogP contribution is 2.39. The second-order valence-corrected chi connectivity index (χ2v) is 5.58. The minimum atomic E-state index is -4.59. The summed E-state index contributed by atoms with van der Waals surface area (Å²) in [5.74, 6) is -0.179. The van der Waals surface area contributed by atoms with Crippen molar-refractivity contribution in [2.75, 3.05) is 7.05 Å². The molecule has 0 saturated carbocycles. The highest BCUT2D eigenvalue weighted by Gasteiger charge is 2.19. The van der Waals surface area contributed by atoms with Gasteiger partial charge in [-0.25, -0.2) is 4.57 Å². The number of nitrogens with one attached hydrogen (secondary N) is 1. The van der Waals surface area contributed by atoms with Crippen LogP contribution >= 0.6 is 7.82 Å². The molecule has 0 fully saturated rings. The Bertz CT molecular complexity index is 618. The molecule has 0 saturated heterocycles. The number of phosphoric ester groups is 1. The molecular weight excluding hydrogens is 269 g/mol. The molecule has 104 valence electrons. The zero-order valence-electron chi connectivity index (χ0n) is 10.7. The van der Waals surface area contributed by atoms with E-state index in [-0.39, 0.29) is 5.95 Å². The molecule has 2 aromatic rings. The van der Waals surface area contributed by atoms with E-state index in [2.05, 4.69) is 16.8 Å². The molecular formula is C12H16NO5P. The van der Waals surface area contributed by atoms with Crippen LogP contribution in [0.1, 0.15) is 12.5 Å². The van der Waals surface area contributed by atoms with Gasteiger partial charge in [-0.15, -0.1) is 0 Å². The largest absolute Gasteiger partial charge is 0.527 e. The minimum absolute atomic E-state index is 0.179. The predicted octanol–water partition coefficient (Wildman–Crippen LogP) is 2.05. The van der Waals surface area contributed by atoms with E-state index in [1.165, 1.54) is 6.07 Å². The molecule has 7 heteroatoms. The Kier molecular flexibility index (Phi) is 3.96. The second-order valence-electron chi connectivity index (χ2n) is 4.41. The van der Waals surface area contributed by atoms with Gasteiger partial charge < -0.3 is 14.3 Å². The monoisotopic (exact) mass is 285 g/mol. The van der Waals surface area contributed by atoms with E-state index < -0.39 is 7.82 Å². The van der Waals surface area contributed by atoms with E-state index in [4.69, 9.17) is 14.2 Å². The van der Waals surface area contributed by atoms with Crippen molar-refractivity contribution < 1.29 is 23.3 Å². The third-order valence-corrected chi connectivity index (χ3v) is 3.22. The van der Waals surface area contributed by atoms with Gasteiger partial charge in [-0.3, -0.25) is 9.79 Å². The zero-order chi connectivity index (χ0) is 14.0. The van der Waals surface area contributed by atoms with Gasteiger partial charge in [-0.2, -0.15) is 0 Å². The summed E-state index contributed by atoms with van der Waals surface area (Å²) < 4.78 is 20.4. The molecule has 1 aromatic heterocycles. The first-order chi connectivity index (χ1) is 8.87. The quantitative estimate of drug-likeness (QED) is 0.728. The number of likely N-dealkylation sites (N-methyl/N-ethyl adjacent to an activating group) is 1. The van der Waals surface area contributed by atoms with Crippen molar-refractivity contribution >= 4 is 18.8 Å². The number of phosphoric acid groups is 1. The lowest BCUT2D eigenvalue weighted by atomic mass is 10.1. The molecule has 0 bridgehead atoms. The third-order valence-electron chi connectivity index (χ3n) is 2.81. The maximum atomic E-state index is 10.7. The molecule has 0 spiro atoms. The van der Waals surface area contributed by atoms with Crippen molar-refractivity contribution in [3.05, 3.63) is 29.8 Å². The fraction of sp³-hybridized carbons (Fsp3) is 0.333. The molecule has 0 amide bonds. The molecule has 1 atom stereocenters. The van der Waals surface area contributed by atoms with Crippen LogP contribution in [0.3, 0.4) is 0 Å². The summed E-state index contributed by atoms with van der Waals surface area (Å²) in [6, 6.07) is 7.42. The Labute approximate surface area is 110 Å². The summed E-state index contributed by atoms with van der Waals surface area (Å²) in [5.41, 5.74) is 1.62. The van der Waals surface area contributed by atoms with Gasteiger partial charge in [0.15, 0.2) is 0 Å². The molecule has 0 unspecified atom stereocenters. The van der Waals surface area contributed by atoms with Crippen LogP contribution in [0.25, 0.3) is 11.0 Å². The van der Waals surface area contributed by atoms with Gasteiger partial charge in [0.1, 0.15) is 5.58 Å². The Morgan fingerprint density at radius 2 is 2.16 bits per heavy atom. The fourth-order valence-corrected chi connectivity index (χ4v) is 2.12. The van der Waals surface area contributed by atoms with Crippen LogP contribution < -0.4 is 9.84 Å². The molecule has 0 aliphatic heterocycles. The van der Waals surface area contributed by atoms with Crippen LogP contribution in [-0.4, -0.2) is 22.9 Å². The van der Waals surface area contributed by atoms with Crippen molar-refractivity contribution in [2.24, 2.45) is 0 Å². The lowest BCUT2D eigenvalue weighted by Crippen LogP contribution is -2.23. The number of fused-ring (bicyclic) bond motifs is 1. The molecule has 3 N–H and O–H groups in total. The lowest BCUT2D eigenvalue weighted by Gasteiger charge is -2.09. The van der Waals surface area contributed by atoms with Crippen LogP contribution in [0.2, 0.25) is 0 Å². The van der Waals surface area contributed by atoms with Crippen LogP contribution in [0.4, 0.5) is 0 Å². The van der Waals surface area contributed by atoms with E-state index in [1.54, 1.807) is 0 Å². The number of rotatable bonds is 5. The maximum Gasteiger partial charge on any atom is 0.527 e. The van der Waals surface area contributed by atoms with Gasteiger partial charge in [0.05, 0.1) is 0 Å². The van der Waals surface area contributed by atoms with Gasteiger partial charge in [0.2, 0.25) is 0 Å². The van der Waals surface area contributed by atoms with E-state index in [0.29, 0.717) is 11.6 Å². The molecule has 1 heterocycles. The van der Waals surface area contributed by atoms with Crippen molar-refractivity contribution in [1.29, 1.82) is 0 Å². The lowest BCUT2D eigenvalue weighted by molar-refractivity contribution is 0.258. The number of hydrogen-bond donors (Lipinski definition) is 3. The number of furan rings is 1. The molecule has 2 rings (SSSR count). The van der Waals surface area contributed by atoms with Crippen LogP contribution in [0.15, 0.2) is 28.7 Å².